The first-order chi connectivity index (χ1) is 20.9. The van der Waals surface area contributed by atoms with Crippen molar-refractivity contribution in [3.8, 4) is 5.75 Å². The Morgan fingerprint density at radius 3 is 1.15 bits per heavy atom. The molecule has 0 bridgehead atoms. The largest absolute Gasteiger partial charge is 0.477 e. The molecule has 1 unspecified atom stereocenters. The maximum Gasteiger partial charge on any atom is 0.126 e. The van der Waals surface area contributed by atoms with Crippen LogP contribution in [0.4, 0.5) is 0 Å². The van der Waals surface area contributed by atoms with Crippen LogP contribution in [0.2, 0.25) is 0 Å². The molecule has 0 spiro atoms. The number of aryl methyl sites for hydroxylation is 1. The van der Waals surface area contributed by atoms with Crippen LogP contribution in [0.1, 0.15) is 164 Å². The lowest BCUT2D eigenvalue weighted by Crippen LogP contribution is -2.17. The van der Waals surface area contributed by atoms with Gasteiger partial charge in [0, 0.05) is 10.5 Å². The first-order valence-electron chi connectivity index (χ1n) is 17.3. The van der Waals surface area contributed by atoms with E-state index in [1.165, 1.54) is 38.9 Å². The highest BCUT2D eigenvalue weighted by atomic mass is 32.1. The van der Waals surface area contributed by atoms with E-state index < -0.39 is 0 Å². The van der Waals surface area contributed by atoms with Crippen molar-refractivity contribution in [2.75, 3.05) is 6.66 Å². The molecule has 1 nitrogen and oxygen atoms in total. The summed E-state index contributed by atoms with van der Waals surface area (Å²) in [6.45, 7) is 44.8. The predicted molar refractivity (Wildman–Crippen MR) is 218 cm³/mol. The fourth-order valence-corrected chi connectivity index (χ4v) is 6.15. The lowest BCUT2D eigenvalue weighted by molar-refractivity contribution is 0.533. The molecule has 3 aromatic carbocycles. The van der Waals surface area contributed by atoms with Gasteiger partial charge in [0.1, 0.15) is 5.75 Å². The molecule has 0 aromatic heterocycles. The Balaban J connectivity index is 0.000000353. The summed E-state index contributed by atoms with van der Waals surface area (Å²) in [6, 6.07) is 20.1. The molecular formula is C44H71OPS. The fraction of sp³-hybridized carbons (Fsp3) is 0.591. The van der Waals surface area contributed by atoms with Crippen molar-refractivity contribution in [2.24, 2.45) is 0 Å². The summed E-state index contributed by atoms with van der Waals surface area (Å²) >= 11 is 4.53. The molecule has 0 amide bonds. The summed E-state index contributed by atoms with van der Waals surface area (Å²) in [6.07, 6.45) is 0. The van der Waals surface area contributed by atoms with Crippen LogP contribution in [0, 0.1) is 6.92 Å². The average molecular weight is 679 g/mol. The van der Waals surface area contributed by atoms with Crippen molar-refractivity contribution in [2.45, 2.75) is 169 Å². The second-order valence-electron chi connectivity index (χ2n) is 19.3. The van der Waals surface area contributed by atoms with Crippen LogP contribution in [-0.4, -0.2) is 6.66 Å². The monoisotopic (exact) mass is 678 g/mol. The molecule has 0 aliphatic heterocycles. The summed E-state index contributed by atoms with van der Waals surface area (Å²) in [5.41, 5.74) is 10.8. The molecule has 3 rings (SSSR count). The maximum absolute atomic E-state index is 5.76. The second kappa shape index (κ2) is 15.9. The Morgan fingerprint density at radius 2 is 0.787 bits per heavy atom. The van der Waals surface area contributed by atoms with Crippen LogP contribution in [0.5, 0.6) is 5.75 Å². The van der Waals surface area contributed by atoms with E-state index in [2.05, 4.69) is 205 Å². The third-order valence-corrected chi connectivity index (χ3v) is 9.26. The van der Waals surface area contributed by atoms with Gasteiger partial charge in [-0.1, -0.05) is 167 Å². The van der Waals surface area contributed by atoms with Gasteiger partial charge in [-0.2, -0.15) is 0 Å². The van der Waals surface area contributed by atoms with Crippen LogP contribution in [0.15, 0.2) is 59.5 Å². The Hall–Kier alpha value is -1.76. The number of benzene rings is 3. The highest BCUT2D eigenvalue weighted by Crippen LogP contribution is 2.37. The van der Waals surface area contributed by atoms with Gasteiger partial charge in [-0.15, -0.1) is 12.6 Å². The maximum atomic E-state index is 5.76. The molecule has 0 heterocycles. The first-order valence-corrected chi connectivity index (χ1v) is 19.2. The molecule has 0 radical (unpaired) electrons. The van der Waals surface area contributed by atoms with Gasteiger partial charge in [0.05, 0.1) is 8.81 Å². The highest BCUT2D eigenvalue weighted by Gasteiger charge is 2.24. The zero-order chi connectivity index (χ0) is 37.0. The lowest BCUT2D eigenvalue weighted by atomic mass is 9.79. The van der Waals surface area contributed by atoms with Crippen molar-refractivity contribution in [1.82, 2.24) is 0 Å². The van der Waals surface area contributed by atoms with E-state index in [4.69, 9.17) is 4.52 Å². The molecule has 0 aliphatic carbocycles. The van der Waals surface area contributed by atoms with Crippen LogP contribution in [0.3, 0.4) is 0 Å². The molecule has 0 aliphatic rings. The normalized spacial score (nSPS) is 13.1. The Bertz CT molecular complexity index is 1370. The Kier molecular flexibility index (Phi) is 14.6. The third kappa shape index (κ3) is 13.6. The quantitative estimate of drug-likeness (QED) is 0.210. The van der Waals surface area contributed by atoms with Crippen LogP contribution < -0.4 is 4.52 Å². The highest BCUT2D eigenvalue weighted by molar-refractivity contribution is 7.80. The molecule has 264 valence electrons. The zero-order valence-electron chi connectivity index (χ0n) is 34.1. The van der Waals surface area contributed by atoms with Gasteiger partial charge in [-0.3, -0.25) is 0 Å². The molecule has 0 saturated heterocycles. The average Bonchev–Trinajstić information content (AvgIpc) is 2.86. The van der Waals surface area contributed by atoms with Crippen molar-refractivity contribution < 1.29 is 4.52 Å². The Morgan fingerprint density at radius 1 is 0.447 bits per heavy atom. The van der Waals surface area contributed by atoms with E-state index in [0.29, 0.717) is 8.81 Å². The zero-order valence-corrected chi connectivity index (χ0v) is 35.9. The SMILES string of the molecule is CC(C)(C)c1ccc(S)c(C(C)(C)C)c1.CPOc1ccc(C(C)(C)C)cc1C(C)(C)C.Cc1ccc(C(C)(C)C)cc1C(C)(C)C. The van der Waals surface area contributed by atoms with Crippen molar-refractivity contribution in [1.29, 1.82) is 0 Å². The summed E-state index contributed by atoms with van der Waals surface area (Å²) < 4.78 is 5.76. The molecule has 0 N–H and O–H groups in total. The van der Waals surface area contributed by atoms with Crippen molar-refractivity contribution in [3.63, 3.8) is 0 Å². The number of rotatable bonds is 2. The van der Waals surface area contributed by atoms with E-state index in [0.717, 1.165) is 10.6 Å². The number of hydrogen-bond donors (Lipinski definition) is 1. The smallest absolute Gasteiger partial charge is 0.126 e. The third-order valence-electron chi connectivity index (χ3n) is 8.45. The molecule has 0 fully saturated rings. The van der Waals surface area contributed by atoms with Gasteiger partial charge in [0.2, 0.25) is 0 Å². The summed E-state index contributed by atoms with van der Waals surface area (Å²) in [7, 11) is 0.494. The van der Waals surface area contributed by atoms with E-state index in [9.17, 15) is 0 Å². The number of thiol groups is 1. The minimum atomic E-state index is 0.121. The topological polar surface area (TPSA) is 9.23 Å². The van der Waals surface area contributed by atoms with E-state index in [-0.39, 0.29) is 32.5 Å². The fourth-order valence-electron chi connectivity index (χ4n) is 5.28. The van der Waals surface area contributed by atoms with Gasteiger partial charge >= 0.3 is 0 Å². The molecule has 0 saturated carbocycles. The summed E-state index contributed by atoms with van der Waals surface area (Å²) in [5.74, 6) is 1.03. The molecule has 3 aromatic rings. The number of hydrogen-bond acceptors (Lipinski definition) is 2. The summed E-state index contributed by atoms with van der Waals surface area (Å²) in [5, 5.41) is 0. The van der Waals surface area contributed by atoms with E-state index in [1.54, 1.807) is 0 Å². The second-order valence-corrected chi connectivity index (χ2v) is 20.4. The minimum absolute atomic E-state index is 0.121. The minimum Gasteiger partial charge on any atom is -0.477 e. The van der Waals surface area contributed by atoms with Gasteiger partial charge in [0.25, 0.3) is 0 Å². The lowest BCUT2D eigenvalue weighted by Gasteiger charge is -2.27. The molecule has 3 heteroatoms. The summed E-state index contributed by atoms with van der Waals surface area (Å²) in [4.78, 5) is 1.09. The van der Waals surface area contributed by atoms with Crippen molar-refractivity contribution in [3.05, 3.63) is 93.5 Å². The van der Waals surface area contributed by atoms with Crippen LogP contribution in [0.25, 0.3) is 0 Å². The van der Waals surface area contributed by atoms with E-state index >= 15 is 0 Å². The van der Waals surface area contributed by atoms with Crippen molar-refractivity contribution >= 4 is 21.4 Å². The molecule has 47 heavy (non-hydrogen) atoms. The standard InChI is InChI=1S/C15H25OP.C15H24.C14H22S/c1-14(2,3)11-8-9-13(16-17-7)12(10-11)15(4,5)6;1-11-8-9-12(14(2,3)4)10-13(11)15(5,6)7;1-13(2,3)10-7-8-12(15)11(9-10)14(4,5)6/h8-10,17H,1-7H3;8-10H,1-7H3;7-9,15H,1-6H3. The first kappa shape index (κ1) is 43.3. The van der Waals surface area contributed by atoms with Gasteiger partial charge < -0.3 is 4.52 Å². The molecule has 1 atom stereocenters. The molecular weight excluding hydrogens is 608 g/mol. The van der Waals surface area contributed by atoms with Gasteiger partial charge in [-0.25, -0.2) is 0 Å². The predicted octanol–water partition coefficient (Wildman–Crippen LogP) is 14.0. The Labute approximate surface area is 299 Å². The van der Waals surface area contributed by atoms with Crippen LogP contribution in [-0.2, 0) is 32.5 Å². The van der Waals surface area contributed by atoms with Gasteiger partial charge in [0.15, 0.2) is 0 Å². The van der Waals surface area contributed by atoms with Crippen LogP contribution >= 0.6 is 21.4 Å². The van der Waals surface area contributed by atoms with E-state index in [1.807, 2.05) is 0 Å². The van der Waals surface area contributed by atoms with Gasteiger partial charge in [-0.05, 0) is 91.6 Å².